The number of sulfone groups is 1. The summed E-state index contributed by atoms with van der Waals surface area (Å²) in [4.78, 5) is 25.4. The minimum absolute atomic E-state index is 0.0574. The topological polar surface area (TPSA) is 83.6 Å². The van der Waals surface area contributed by atoms with E-state index in [1.807, 2.05) is 6.92 Å². The largest absolute Gasteiger partial charge is 0.340 e. The average Bonchev–Trinajstić information content (AvgIpc) is 2.25. The fourth-order valence-electron chi connectivity index (χ4n) is 1.86. The van der Waals surface area contributed by atoms with E-state index in [0.29, 0.717) is 6.42 Å². The van der Waals surface area contributed by atoms with Gasteiger partial charge >= 0.3 is 0 Å². The second kappa shape index (κ2) is 4.87. The van der Waals surface area contributed by atoms with Gasteiger partial charge in [-0.2, -0.15) is 0 Å². The molecule has 1 N–H and O–H groups in total. The van der Waals surface area contributed by atoms with Crippen LogP contribution < -0.4 is 5.32 Å². The maximum absolute atomic E-state index is 12.3. The molecule has 0 aromatic rings. The van der Waals surface area contributed by atoms with Crippen LogP contribution in [0.25, 0.3) is 0 Å². The van der Waals surface area contributed by atoms with E-state index in [4.69, 9.17) is 0 Å². The van der Waals surface area contributed by atoms with Crippen molar-refractivity contribution in [2.75, 3.05) is 18.6 Å². The van der Waals surface area contributed by atoms with Crippen LogP contribution in [0.15, 0.2) is 0 Å². The van der Waals surface area contributed by atoms with Gasteiger partial charge in [0.25, 0.3) is 0 Å². The van der Waals surface area contributed by atoms with E-state index in [2.05, 4.69) is 5.32 Å². The Morgan fingerprint density at radius 1 is 1.39 bits per heavy atom. The van der Waals surface area contributed by atoms with E-state index in [1.54, 1.807) is 13.8 Å². The molecule has 1 aliphatic heterocycles. The maximum atomic E-state index is 12.3. The Morgan fingerprint density at radius 3 is 2.39 bits per heavy atom. The third-order valence-electron chi connectivity index (χ3n) is 3.39. The van der Waals surface area contributed by atoms with Gasteiger partial charge in [-0.15, -0.1) is 0 Å². The zero-order valence-electron chi connectivity index (χ0n) is 11.2. The Labute approximate surface area is 108 Å². The summed E-state index contributed by atoms with van der Waals surface area (Å²) in [5, 5.41) is 2.69. The minimum atomic E-state index is -3.16. The van der Waals surface area contributed by atoms with Gasteiger partial charge in [0.05, 0.1) is 5.75 Å². The molecule has 2 unspecified atom stereocenters. The number of amides is 2. The first-order valence-electron chi connectivity index (χ1n) is 5.91. The fraction of sp³-hybridized carbons (Fsp3) is 0.818. The van der Waals surface area contributed by atoms with Crippen molar-refractivity contribution < 1.29 is 18.0 Å². The highest BCUT2D eigenvalue weighted by Crippen LogP contribution is 2.21. The summed E-state index contributed by atoms with van der Waals surface area (Å²) in [7, 11) is -3.16. The number of rotatable bonds is 4. The van der Waals surface area contributed by atoms with E-state index >= 15 is 0 Å². The lowest BCUT2D eigenvalue weighted by molar-refractivity contribution is -0.153. The summed E-state index contributed by atoms with van der Waals surface area (Å²) >= 11 is 0. The molecular formula is C11H20N2O4S. The molecule has 2 atom stereocenters. The maximum Gasteiger partial charge on any atom is 0.248 e. The van der Waals surface area contributed by atoms with Crippen molar-refractivity contribution in [1.82, 2.24) is 10.2 Å². The average molecular weight is 276 g/mol. The van der Waals surface area contributed by atoms with Crippen molar-refractivity contribution in [3.05, 3.63) is 0 Å². The van der Waals surface area contributed by atoms with E-state index in [9.17, 15) is 18.0 Å². The van der Waals surface area contributed by atoms with Crippen LogP contribution in [0.2, 0.25) is 0 Å². The molecule has 2 amide bonds. The fourth-order valence-corrected chi connectivity index (χ4v) is 2.39. The molecule has 18 heavy (non-hydrogen) atoms. The summed E-state index contributed by atoms with van der Waals surface area (Å²) in [6, 6.07) is -0.626. The second-order valence-electron chi connectivity index (χ2n) is 4.98. The predicted molar refractivity (Wildman–Crippen MR) is 67.7 cm³/mol. The quantitative estimate of drug-likeness (QED) is 0.753. The highest BCUT2D eigenvalue weighted by atomic mass is 32.2. The first-order valence-corrected chi connectivity index (χ1v) is 7.97. The van der Waals surface area contributed by atoms with Gasteiger partial charge in [0.1, 0.15) is 21.4 Å². The number of piperazine rings is 1. The molecule has 6 nitrogen and oxygen atoms in total. The van der Waals surface area contributed by atoms with Crippen LogP contribution in [0.4, 0.5) is 0 Å². The Bertz CT molecular complexity index is 460. The molecule has 0 saturated carbocycles. The van der Waals surface area contributed by atoms with Gasteiger partial charge in [-0.1, -0.05) is 6.92 Å². The van der Waals surface area contributed by atoms with Crippen LogP contribution in [0.5, 0.6) is 0 Å². The summed E-state index contributed by atoms with van der Waals surface area (Å²) in [6.07, 6.45) is 1.59. The van der Waals surface area contributed by atoms with Crippen LogP contribution in [-0.2, 0) is 19.4 Å². The summed E-state index contributed by atoms with van der Waals surface area (Å²) in [5.41, 5.74) is -0.929. The van der Waals surface area contributed by atoms with Gasteiger partial charge in [0.2, 0.25) is 11.8 Å². The molecule has 1 saturated heterocycles. The normalized spacial score (nSPS) is 29.3. The molecule has 0 radical (unpaired) electrons. The van der Waals surface area contributed by atoms with Gasteiger partial charge in [0.15, 0.2) is 0 Å². The molecule has 7 heteroatoms. The lowest BCUT2D eigenvalue weighted by atomic mass is 9.92. The first-order chi connectivity index (χ1) is 8.10. The molecule has 0 aliphatic carbocycles. The number of hydrogen-bond donors (Lipinski definition) is 1. The Morgan fingerprint density at radius 2 is 1.94 bits per heavy atom. The monoisotopic (exact) mass is 276 g/mol. The van der Waals surface area contributed by atoms with Crippen molar-refractivity contribution in [2.45, 2.75) is 38.8 Å². The molecule has 1 heterocycles. The van der Waals surface area contributed by atoms with Gasteiger partial charge in [-0.05, 0) is 20.3 Å². The van der Waals surface area contributed by atoms with Gasteiger partial charge in [-0.25, -0.2) is 8.42 Å². The van der Waals surface area contributed by atoms with Crippen molar-refractivity contribution in [3.8, 4) is 0 Å². The Hall–Kier alpha value is -1.11. The molecular weight excluding hydrogens is 256 g/mol. The molecule has 1 aliphatic rings. The van der Waals surface area contributed by atoms with Crippen LogP contribution in [0.3, 0.4) is 0 Å². The number of nitrogens with one attached hydrogen (secondary N) is 1. The van der Waals surface area contributed by atoms with Crippen LogP contribution in [-0.4, -0.2) is 55.3 Å². The molecule has 1 fully saturated rings. The second-order valence-corrected chi connectivity index (χ2v) is 7.24. The van der Waals surface area contributed by atoms with Crippen LogP contribution in [0.1, 0.15) is 27.2 Å². The van der Waals surface area contributed by atoms with Gasteiger partial charge < -0.3 is 10.2 Å². The van der Waals surface area contributed by atoms with E-state index in [-0.39, 0.29) is 24.1 Å². The minimum Gasteiger partial charge on any atom is -0.340 e. The highest BCUT2D eigenvalue weighted by Gasteiger charge is 2.45. The first kappa shape index (κ1) is 14.9. The van der Waals surface area contributed by atoms with Crippen LogP contribution in [0, 0.1) is 0 Å². The number of carbonyl (C=O) groups is 2. The molecule has 0 aromatic carbocycles. The lowest BCUT2D eigenvalue weighted by Crippen LogP contribution is -2.68. The smallest absolute Gasteiger partial charge is 0.248 e. The third-order valence-corrected chi connectivity index (χ3v) is 4.31. The lowest BCUT2D eigenvalue weighted by Gasteiger charge is -2.42. The Balaban J connectivity index is 2.93. The predicted octanol–water partition coefficient (Wildman–Crippen LogP) is -0.453. The summed E-state index contributed by atoms with van der Waals surface area (Å²) < 4.78 is 22.3. The molecule has 0 bridgehead atoms. The number of nitrogens with zero attached hydrogens (tertiary/aromatic N) is 1. The van der Waals surface area contributed by atoms with Crippen LogP contribution >= 0.6 is 0 Å². The van der Waals surface area contributed by atoms with Crippen molar-refractivity contribution in [3.63, 3.8) is 0 Å². The number of hydrogen-bond acceptors (Lipinski definition) is 4. The SMILES string of the molecule is CCC1(C)NC(=O)C(C)N(CCS(C)(=O)=O)C1=O. The summed E-state index contributed by atoms with van der Waals surface area (Å²) in [6.45, 7) is 5.13. The van der Waals surface area contributed by atoms with Gasteiger partial charge in [-0.3, -0.25) is 9.59 Å². The van der Waals surface area contributed by atoms with E-state index in [1.165, 1.54) is 4.90 Å². The zero-order valence-corrected chi connectivity index (χ0v) is 12.0. The molecule has 0 aromatic heterocycles. The van der Waals surface area contributed by atoms with Gasteiger partial charge in [0, 0.05) is 12.8 Å². The molecule has 0 spiro atoms. The van der Waals surface area contributed by atoms with E-state index < -0.39 is 21.4 Å². The summed E-state index contributed by atoms with van der Waals surface area (Å²) in [5.74, 6) is -0.593. The van der Waals surface area contributed by atoms with E-state index in [0.717, 1.165) is 6.26 Å². The van der Waals surface area contributed by atoms with Crippen molar-refractivity contribution in [1.29, 1.82) is 0 Å². The standard InChI is InChI=1S/C11H20N2O4S/c1-5-11(3)10(15)13(6-7-18(4,16)17)8(2)9(14)12-11/h8H,5-7H2,1-4H3,(H,12,14). The highest BCUT2D eigenvalue weighted by molar-refractivity contribution is 7.90. The van der Waals surface area contributed by atoms with Crippen molar-refractivity contribution in [2.24, 2.45) is 0 Å². The zero-order chi connectivity index (χ0) is 14.1. The molecule has 1 rings (SSSR count). The number of carbonyl (C=O) groups excluding carboxylic acids is 2. The molecule has 104 valence electrons. The Kier molecular flexibility index (Phi) is 4.05. The third kappa shape index (κ3) is 3.01. The van der Waals surface area contributed by atoms with Crippen molar-refractivity contribution >= 4 is 21.7 Å².